The molecule has 0 unspecified atom stereocenters. The van der Waals surface area contributed by atoms with Gasteiger partial charge in [0.15, 0.2) is 0 Å². The smallest absolute Gasteiger partial charge is 0.00103 e. The highest BCUT2D eigenvalue weighted by atomic mass is 14.9. The zero-order valence-electron chi connectivity index (χ0n) is 12.2. The second-order valence-corrected chi connectivity index (χ2v) is 6.06. The average molecular weight is 233 g/mol. The fourth-order valence-electron chi connectivity index (χ4n) is 2.38. The molecule has 0 heterocycles. The highest BCUT2D eigenvalue weighted by molar-refractivity contribution is 5.35. The van der Waals surface area contributed by atoms with Crippen LogP contribution in [0.3, 0.4) is 0 Å². The quantitative estimate of drug-likeness (QED) is 0.811. The molecule has 0 aromatic heterocycles. The molecule has 0 saturated carbocycles. The monoisotopic (exact) mass is 233 g/mol. The van der Waals surface area contributed by atoms with Gasteiger partial charge >= 0.3 is 0 Å². The van der Waals surface area contributed by atoms with E-state index < -0.39 is 0 Å². The van der Waals surface area contributed by atoms with Crippen molar-refractivity contribution >= 4 is 0 Å². The van der Waals surface area contributed by atoms with Gasteiger partial charge in [-0.2, -0.15) is 0 Å². The largest absolute Gasteiger partial charge is 0.315 e. The van der Waals surface area contributed by atoms with E-state index in [1.807, 2.05) is 0 Å². The van der Waals surface area contributed by atoms with Gasteiger partial charge in [0.05, 0.1) is 0 Å². The molecule has 0 aliphatic heterocycles. The molecule has 1 rings (SSSR count). The Morgan fingerprint density at radius 2 is 1.82 bits per heavy atom. The lowest BCUT2D eigenvalue weighted by Gasteiger charge is -2.28. The number of hydrogen-bond acceptors (Lipinski definition) is 1. The minimum Gasteiger partial charge on any atom is -0.315 e. The summed E-state index contributed by atoms with van der Waals surface area (Å²) in [6, 6.07) is 7.37. The van der Waals surface area contributed by atoms with Crippen LogP contribution in [0.1, 0.15) is 50.8 Å². The van der Waals surface area contributed by atoms with E-state index in [1.54, 1.807) is 0 Å². The van der Waals surface area contributed by atoms with Crippen LogP contribution in [0, 0.1) is 13.8 Å². The first-order valence-corrected chi connectivity index (χ1v) is 6.64. The van der Waals surface area contributed by atoms with Crippen LogP contribution >= 0.6 is 0 Å². The first-order valence-electron chi connectivity index (χ1n) is 6.64. The number of hydrogen-bond donors (Lipinski definition) is 1. The molecule has 0 spiro atoms. The van der Waals surface area contributed by atoms with Gasteiger partial charge in [-0.25, -0.2) is 0 Å². The molecule has 17 heavy (non-hydrogen) atoms. The van der Waals surface area contributed by atoms with Crippen molar-refractivity contribution in [2.24, 2.45) is 0 Å². The number of rotatable bonds is 5. The second kappa shape index (κ2) is 5.68. The lowest BCUT2D eigenvalue weighted by molar-refractivity contribution is 0.440. The standard InChI is InChI=1S/C16H27N/c1-12(2)17-10-9-16(5,6)15-8-7-13(3)11-14(15)4/h7-8,11-12,17H,9-10H2,1-6H3. The molecule has 96 valence electrons. The molecule has 0 aliphatic carbocycles. The first kappa shape index (κ1) is 14.2. The zero-order chi connectivity index (χ0) is 13.1. The van der Waals surface area contributed by atoms with Gasteiger partial charge in [0.1, 0.15) is 0 Å². The van der Waals surface area contributed by atoms with E-state index in [4.69, 9.17) is 0 Å². The van der Waals surface area contributed by atoms with Crippen molar-refractivity contribution in [1.82, 2.24) is 5.32 Å². The Hall–Kier alpha value is -0.820. The summed E-state index contributed by atoms with van der Waals surface area (Å²) in [5.41, 5.74) is 4.50. The Morgan fingerprint density at radius 3 is 2.35 bits per heavy atom. The van der Waals surface area contributed by atoms with Gasteiger partial charge in [-0.1, -0.05) is 51.5 Å². The third kappa shape index (κ3) is 4.16. The van der Waals surface area contributed by atoms with Crippen molar-refractivity contribution in [2.75, 3.05) is 6.54 Å². The van der Waals surface area contributed by atoms with Crippen LogP contribution in [-0.2, 0) is 5.41 Å². The third-order valence-corrected chi connectivity index (χ3v) is 3.41. The molecule has 1 nitrogen and oxygen atoms in total. The minimum absolute atomic E-state index is 0.250. The maximum absolute atomic E-state index is 3.50. The molecule has 0 saturated heterocycles. The Balaban J connectivity index is 2.74. The Labute approximate surface area is 107 Å². The first-order chi connectivity index (χ1) is 7.83. The van der Waals surface area contributed by atoms with E-state index in [0.717, 1.165) is 6.54 Å². The van der Waals surface area contributed by atoms with Crippen molar-refractivity contribution in [3.05, 3.63) is 34.9 Å². The van der Waals surface area contributed by atoms with Gasteiger partial charge in [0, 0.05) is 6.04 Å². The molecule has 0 aliphatic rings. The van der Waals surface area contributed by atoms with Crippen molar-refractivity contribution in [1.29, 1.82) is 0 Å². The van der Waals surface area contributed by atoms with Crippen LogP contribution in [0.4, 0.5) is 0 Å². The summed E-state index contributed by atoms with van der Waals surface area (Å²) in [4.78, 5) is 0. The van der Waals surface area contributed by atoms with Gasteiger partial charge in [0.2, 0.25) is 0 Å². The number of benzene rings is 1. The molecule has 1 N–H and O–H groups in total. The average Bonchev–Trinajstić information content (AvgIpc) is 2.15. The molecular formula is C16H27N. The molecular weight excluding hydrogens is 206 g/mol. The normalized spacial score (nSPS) is 12.2. The topological polar surface area (TPSA) is 12.0 Å². The summed E-state index contributed by atoms with van der Waals surface area (Å²) in [6.07, 6.45) is 1.18. The highest BCUT2D eigenvalue weighted by Gasteiger charge is 2.21. The van der Waals surface area contributed by atoms with E-state index in [2.05, 4.69) is 65.1 Å². The summed E-state index contributed by atoms with van der Waals surface area (Å²) < 4.78 is 0. The second-order valence-electron chi connectivity index (χ2n) is 6.06. The van der Waals surface area contributed by atoms with Gasteiger partial charge in [-0.15, -0.1) is 0 Å². The predicted molar refractivity (Wildman–Crippen MR) is 76.7 cm³/mol. The zero-order valence-corrected chi connectivity index (χ0v) is 12.2. The maximum atomic E-state index is 3.50. The van der Waals surface area contributed by atoms with Gasteiger partial charge < -0.3 is 5.32 Å². The number of aryl methyl sites for hydroxylation is 2. The summed E-state index contributed by atoms with van der Waals surface area (Å²) in [5, 5.41) is 3.50. The summed E-state index contributed by atoms with van der Waals surface area (Å²) in [7, 11) is 0. The van der Waals surface area contributed by atoms with Gasteiger partial charge in [-0.05, 0) is 43.4 Å². The van der Waals surface area contributed by atoms with Crippen molar-refractivity contribution in [2.45, 2.75) is 59.4 Å². The van der Waals surface area contributed by atoms with E-state index in [-0.39, 0.29) is 5.41 Å². The molecule has 0 atom stereocenters. The van der Waals surface area contributed by atoms with Crippen LogP contribution in [0.15, 0.2) is 18.2 Å². The highest BCUT2D eigenvalue weighted by Crippen LogP contribution is 2.29. The fourth-order valence-corrected chi connectivity index (χ4v) is 2.38. The third-order valence-electron chi connectivity index (χ3n) is 3.41. The lowest BCUT2D eigenvalue weighted by Crippen LogP contribution is -2.30. The fraction of sp³-hybridized carbons (Fsp3) is 0.625. The molecule has 0 radical (unpaired) electrons. The Bertz CT molecular complexity index is 364. The van der Waals surface area contributed by atoms with Crippen molar-refractivity contribution in [3.8, 4) is 0 Å². The minimum atomic E-state index is 0.250. The summed E-state index contributed by atoms with van der Waals surface area (Å²) in [6.45, 7) is 14.5. The van der Waals surface area contributed by atoms with Crippen LogP contribution in [0.2, 0.25) is 0 Å². The Kier molecular flexibility index (Phi) is 4.76. The molecule has 0 amide bonds. The molecule has 1 aromatic rings. The van der Waals surface area contributed by atoms with Crippen LogP contribution in [-0.4, -0.2) is 12.6 Å². The number of nitrogens with one attached hydrogen (secondary N) is 1. The van der Waals surface area contributed by atoms with Gasteiger partial charge in [-0.3, -0.25) is 0 Å². The van der Waals surface area contributed by atoms with E-state index in [0.29, 0.717) is 6.04 Å². The van der Waals surface area contributed by atoms with Crippen LogP contribution in [0.25, 0.3) is 0 Å². The molecule has 1 heteroatoms. The van der Waals surface area contributed by atoms with Crippen molar-refractivity contribution < 1.29 is 0 Å². The van der Waals surface area contributed by atoms with Crippen LogP contribution in [0.5, 0.6) is 0 Å². The van der Waals surface area contributed by atoms with E-state index in [1.165, 1.54) is 23.1 Å². The van der Waals surface area contributed by atoms with E-state index in [9.17, 15) is 0 Å². The molecule has 0 fully saturated rings. The SMILES string of the molecule is Cc1ccc(C(C)(C)CCNC(C)C)c(C)c1. The molecule has 1 aromatic carbocycles. The Morgan fingerprint density at radius 1 is 1.18 bits per heavy atom. The predicted octanol–water partition coefficient (Wildman–Crippen LogP) is 3.97. The summed E-state index contributed by atoms with van der Waals surface area (Å²) in [5.74, 6) is 0. The van der Waals surface area contributed by atoms with Gasteiger partial charge in [0.25, 0.3) is 0 Å². The summed E-state index contributed by atoms with van der Waals surface area (Å²) >= 11 is 0. The molecule has 0 bridgehead atoms. The van der Waals surface area contributed by atoms with Crippen molar-refractivity contribution in [3.63, 3.8) is 0 Å². The maximum Gasteiger partial charge on any atom is 0.00103 e. The lowest BCUT2D eigenvalue weighted by atomic mass is 9.79. The van der Waals surface area contributed by atoms with E-state index >= 15 is 0 Å². The van der Waals surface area contributed by atoms with Crippen LogP contribution < -0.4 is 5.32 Å².